The molecule has 1 fully saturated rings. The Balaban J connectivity index is 2.00. The van der Waals surface area contributed by atoms with Gasteiger partial charge < -0.3 is 40.3 Å². The standard InChI is InChI=1S/C69H131NO8/c1-3-5-7-9-11-13-15-17-19-20-21-22-23-24-25-26-27-28-29-30-31-32-33-34-35-36-37-38-39-40-41-42-43-44-45-47-49-51-53-55-57-59-65(73)70-62(61-77-69-68(76)67(75)66(74)64(60-71)78-69)63(72)58-56-54-52-50-48-46-18-16-14-12-10-8-6-4-2/h14,16,48,50,56,58,62-64,66-69,71-72,74-76H,3-13,15,17-47,49,51-55,57,59-61H2,1-2H3,(H,70,73)/b16-14+,50-48+,58-56+. The second-order valence-electron chi connectivity index (χ2n) is 24.0. The van der Waals surface area contributed by atoms with Crippen LogP contribution >= 0.6 is 0 Å². The molecule has 0 radical (unpaired) electrons. The molecule has 1 heterocycles. The molecule has 1 aliphatic rings. The summed E-state index contributed by atoms with van der Waals surface area (Å²) < 4.78 is 11.3. The van der Waals surface area contributed by atoms with Crippen molar-refractivity contribution in [1.29, 1.82) is 0 Å². The Morgan fingerprint density at radius 2 is 0.731 bits per heavy atom. The second-order valence-corrected chi connectivity index (χ2v) is 24.0. The molecule has 78 heavy (non-hydrogen) atoms. The van der Waals surface area contributed by atoms with E-state index in [1.807, 2.05) is 6.08 Å². The molecule has 6 N–H and O–H groups in total. The fraction of sp³-hybridized carbons (Fsp3) is 0.899. The van der Waals surface area contributed by atoms with Crippen LogP contribution in [0.15, 0.2) is 36.5 Å². The van der Waals surface area contributed by atoms with Gasteiger partial charge in [-0.15, -0.1) is 0 Å². The smallest absolute Gasteiger partial charge is 0.220 e. The van der Waals surface area contributed by atoms with Crippen molar-refractivity contribution < 1.29 is 39.8 Å². The molecule has 7 unspecified atom stereocenters. The van der Waals surface area contributed by atoms with Crippen LogP contribution in [-0.2, 0) is 14.3 Å². The molecule has 1 amide bonds. The molecule has 0 saturated carbocycles. The van der Waals surface area contributed by atoms with Crippen molar-refractivity contribution in [2.24, 2.45) is 0 Å². The molecule has 1 aliphatic heterocycles. The minimum absolute atomic E-state index is 0.186. The van der Waals surface area contributed by atoms with E-state index >= 15 is 0 Å². The van der Waals surface area contributed by atoms with Crippen LogP contribution in [-0.4, -0.2) is 87.5 Å². The van der Waals surface area contributed by atoms with Gasteiger partial charge in [0.15, 0.2) is 6.29 Å². The molecule has 0 aromatic rings. The third kappa shape index (κ3) is 47.0. The van der Waals surface area contributed by atoms with Gasteiger partial charge in [-0.1, -0.05) is 326 Å². The number of allylic oxidation sites excluding steroid dienone is 5. The van der Waals surface area contributed by atoms with Crippen LogP contribution in [0.4, 0.5) is 0 Å². The highest BCUT2D eigenvalue weighted by molar-refractivity contribution is 5.76. The van der Waals surface area contributed by atoms with Gasteiger partial charge in [-0.2, -0.15) is 0 Å². The van der Waals surface area contributed by atoms with Crippen LogP contribution in [0.1, 0.15) is 341 Å². The molecule has 9 nitrogen and oxygen atoms in total. The largest absolute Gasteiger partial charge is 0.394 e. The number of carbonyl (C=O) groups is 1. The van der Waals surface area contributed by atoms with E-state index in [-0.39, 0.29) is 12.5 Å². The molecule has 0 aliphatic carbocycles. The zero-order valence-electron chi connectivity index (χ0n) is 51.4. The number of carbonyl (C=O) groups excluding carboxylic acids is 1. The van der Waals surface area contributed by atoms with Crippen molar-refractivity contribution in [3.8, 4) is 0 Å². The van der Waals surface area contributed by atoms with Crippen molar-refractivity contribution in [2.45, 2.75) is 384 Å². The summed E-state index contributed by atoms with van der Waals surface area (Å²) in [4.78, 5) is 13.1. The topological polar surface area (TPSA) is 149 Å². The third-order valence-corrected chi connectivity index (χ3v) is 16.4. The Bertz CT molecular complexity index is 1320. The summed E-state index contributed by atoms with van der Waals surface area (Å²) in [6.07, 6.45) is 71.5. The van der Waals surface area contributed by atoms with Gasteiger partial charge in [-0.05, 0) is 44.9 Å². The summed E-state index contributed by atoms with van der Waals surface area (Å²) >= 11 is 0. The summed E-state index contributed by atoms with van der Waals surface area (Å²) in [6.45, 7) is 3.77. The number of amides is 1. The maximum atomic E-state index is 13.1. The first kappa shape index (κ1) is 74.4. The molecule has 7 atom stereocenters. The second kappa shape index (κ2) is 58.6. The maximum Gasteiger partial charge on any atom is 0.220 e. The number of nitrogens with one attached hydrogen (secondary N) is 1. The van der Waals surface area contributed by atoms with E-state index in [0.29, 0.717) is 6.42 Å². The van der Waals surface area contributed by atoms with E-state index in [2.05, 4.69) is 43.5 Å². The number of ether oxygens (including phenoxy) is 2. The normalized spacial score (nSPS) is 18.8. The summed E-state index contributed by atoms with van der Waals surface area (Å²) in [5, 5.41) is 54.5. The number of hydrogen-bond acceptors (Lipinski definition) is 8. The molecule has 0 spiro atoms. The van der Waals surface area contributed by atoms with E-state index in [4.69, 9.17) is 9.47 Å². The first-order valence-electron chi connectivity index (χ1n) is 34.2. The van der Waals surface area contributed by atoms with Crippen LogP contribution < -0.4 is 5.32 Å². The quantitative estimate of drug-likeness (QED) is 0.0261. The monoisotopic (exact) mass is 1100 g/mol. The van der Waals surface area contributed by atoms with Gasteiger partial charge in [0.1, 0.15) is 24.4 Å². The van der Waals surface area contributed by atoms with E-state index in [9.17, 15) is 30.3 Å². The average Bonchev–Trinajstić information content (AvgIpc) is 3.46. The molecule has 460 valence electrons. The maximum absolute atomic E-state index is 13.1. The van der Waals surface area contributed by atoms with Gasteiger partial charge in [-0.3, -0.25) is 4.79 Å². The van der Waals surface area contributed by atoms with E-state index in [1.54, 1.807) is 6.08 Å². The number of unbranched alkanes of at least 4 members (excludes halogenated alkanes) is 46. The SMILES string of the molecule is CCCCCC/C=C/CC/C=C/CC/C=C/C(O)C(COC1OC(CO)C(O)C(O)C1O)NC(=O)CCCCCCCCCCCCCCCCCCCCCCCCCCCCCCCCCCCCCCCCCCC. The van der Waals surface area contributed by atoms with Gasteiger partial charge in [0.05, 0.1) is 25.4 Å². The van der Waals surface area contributed by atoms with Crippen LogP contribution in [0, 0.1) is 0 Å². The van der Waals surface area contributed by atoms with Crippen molar-refractivity contribution in [2.75, 3.05) is 13.2 Å². The highest BCUT2D eigenvalue weighted by Crippen LogP contribution is 2.23. The fourth-order valence-corrected chi connectivity index (χ4v) is 11.1. The average molecular weight is 1100 g/mol. The summed E-state index contributed by atoms with van der Waals surface area (Å²) in [5.41, 5.74) is 0. The van der Waals surface area contributed by atoms with Crippen LogP contribution in [0.2, 0.25) is 0 Å². The first-order chi connectivity index (χ1) is 38.3. The highest BCUT2D eigenvalue weighted by Gasteiger charge is 2.44. The van der Waals surface area contributed by atoms with E-state index < -0.39 is 49.5 Å². The Kier molecular flexibility index (Phi) is 55.9. The predicted molar refractivity (Wildman–Crippen MR) is 332 cm³/mol. The summed E-state index contributed by atoms with van der Waals surface area (Å²) in [5.74, 6) is -0.186. The lowest BCUT2D eigenvalue weighted by atomic mass is 9.99. The molecule has 9 heteroatoms. The van der Waals surface area contributed by atoms with Gasteiger partial charge in [-0.25, -0.2) is 0 Å². The van der Waals surface area contributed by atoms with Crippen molar-refractivity contribution in [1.82, 2.24) is 5.32 Å². The lowest BCUT2D eigenvalue weighted by molar-refractivity contribution is -0.302. The Labute approximate surface area is 482 Å². The van der Waals surface area contributed by atoms with Crippen LogP contribution in [0.25, 0.3) is 0 Å². The van der Waals surface area contributed by atoms with E-state index in [1.165, 1.54) is 270 Å². The Morgan fingerprint density at radius 1 is 0.423 bits per heavy atom. The van der Waals surface area contributed by atoms with Gasteiger partial charge in [0, 0.05) is 6.42 Å². The summed E-state index contributed by atoms with van der Waals surface area (Å²) in [6, 6.07) is -0.826. The molecular weight excluding hydrogens is 971 g/mol. The van der Waals surface area contributed by atoms with Crippen molar-refractivity contribution in [3.63, 3.8) is 0 Å². The lowest BCUT2D eigenvalue weighted by Gasteiger charge is -2.40. The zero-order chi connectivity index (χ0) is 56.5. The molecule has 0 aromatic carbocycles. The Hall–Kier alpha value is -1.59. The number of aliphatic hydroxyl groups is 5. The molecule has 1 saturated heterocycles. The van der Waals surface area contributed by atoms with Gasteiger partial charge in [0.25, 0.3) is 0 Å². The number of aliphatic hydroxyl groups excluding tert-OH is 5. The van der Waals surface area contributed by atoms with Crippen LogP contribution in [0.5, 0.6) is 0 Å². The fourth-order valence-electron chi connectivity index (χ4n) is 11.1. The summed E-state index contributed by atoms with van der Waals surface area (Å²) in [7, 11) is 0. The highest BCUT2D eigenvalue weighted by atomic mass is 16.7. The lowest BCUT2D eigenvalue weighted by Crippen LogP contribution is -2.60. The van der Waals surface area contributed by atoms with Gasteiger partial charge >= 0.3 is 0 Å². The van der Waals surface area contributed by atoms with E-state index in [0.717, 1.165) is 51.4 Å². The third-order valence-electron chi connectivity index (χ3n) is 16.4. The first-order valence-corrected chi connectivity index (χ1v) is 34.2. The zero-order valence-corrected chi connectivity index (χ0v) is 51.4. The number of hydrogen-bond donors (Lipinski definition) is 6. The predicted octanol–water partition coefficient (Wildman–Crippen LogP) is 18.3. The number of rotatable bonds is 60. The van der Waals surface area contributed by atoms with Crippen molar-refractivity contribution >= 4 is 5.91 Å². The molecule has 0 bridgehead atoms. The molecule has 0 aromatic heterocycles. The molecular formula is C69H131NO8. The Morgan fingerprint density at radius 3 is 1.08 bits per heavy atom. The van der Waals surface area contributed by atoms with Crippen LogP contribution in [0.3, 0.4) is 0 Å². The minimum Gasteiger partial charge on any atom is -0.394 e. The van der Waals surface area contributed by atoms with Gasteiger partial charge in [0.2, 0.25) is 5.91 Å². The minimum atomic E-state index is -1.57. The molecule has 1 rings (SSSR count). The van der Waals surface area contributed by atoms with Crippen molar-refractivity contribution in [3.05, 3.63) is 36.5 Å².